The molecule has 2 nitrogen and oxygen atoms in total. The van der Waals surface area contributed by atoms with Gasteiger partial charge in [0.2, 0.25) is 0 Å². The van der Waals surface area contributed by atoms with Gasteiger partial charge in [0.05, 0.1) is 5.69 Å². The summed E-state index contributed by atoms with van der Waals surface area (Å²) in [7, 11) is 0. The topological polar surface area (TPSA) is 38.0 Å². The molecule has 0 saturated carbocycles. The Balaban J connectivity index is 1.75. The second-order valence-corrected chi connectivity index (χ2v) is 5.85. The fourth-order valence-corrected chi connectivity index (χ4v) is 2.95. The van der Waals surface area contributed by atoms with Crippen LogP contribution in [0.15, 0.2) is 42.5 Å². The maximum atomic E-state index is 14.1. The predicted molar refractivity (Wildman–Crippen MR) is 88.2 cm³/mol. The van der Waals surface area contributed by atoms with Crippen molar-refractivity contribution in [1.82, 2.24) is 0 Å². The number of thiocarbonyl (C=S) groups is 1. The van der Waals surface area contributed by atoms with Crippen LogP contribution in [0.3, 0.4) is 0 Å². The highest BCUT2D eigenvalue weighted by Gasteiger charge is 2.19. The van der Waals surface area contributed by atoms with E-state index in [9.17, 15) is 4.39 Å². The molecule has 0 aliphatic heterocycles. The van der Waals surface area contributed by atoms with Gasteiger partial charge in [0.15, 0.2) is 0 Å². The zero-order valence-corrected chi connectivity index (χ0v) is 12.4. The Hall–Kier alpha value is -1.94. The van der Waals surface area contributed by atoms with E-state index in [2.05, 4.69) is 29.6 Å². The van der Waals surface area contributed by atoms with Crippen molar-refractivity contribution < 1.29 is 4.39 Å². The van der Waals surface area contributed by atoms with Gasteiger partial charge in [-0.2, -0.15) is 0 Å². The lowest BCUT2D eigenvalue weighted by molar-refractivity contribution is 0.592. The van der Waals surface area contributed by atoms with Gasteiger partial charge in [-0.05, 0) is 48.6 Å². The molecule has 2 aromatic rings. The Bertz CT molecular complexity index is 684. The SMILES string of the molecule is NC(=S)c1ccc(NC2CCc3ccccc3C2)c(F)c1. The number of nitrogens with two attached hydrogens (primary N) is 1. The average Bonchev–Trinajstić information content (AvgIpc) is 2.49. The zero-order valence-electron chi connectivity index (χ0n) is 11.6. The molecule has 108 valence electrons. The Morgan fingerprint density at radius 3 is 2.67 bits per heavy atom. The maximum absolute atomic E-state index is 14.1. The standard InChI is InChI=1S/C17H17FN2S/c18-15-10-13(17(19)21)6-8-16(15)20-14-7-5-11-3-1-2-4-12(11)9-14/h1-4,6,8,10,14,20H,5,7,9H2,(H2,19,21). The minimum absolute atomic E-state index is 0.215. The first-order valence-electron chi connectivity index (χ1n) is 7.06. The van der Waals surface area contributed by atoms with Gasteiger partial charge in [0.1, 0.15) is 10.8 Å². The third-order valence-electron chi connectivity index (χ3n) is 3.96. The number of aryl methyl sites for hydroxylation is 1. The van der Waals surface area contributed by atoms with Crippen molar-refractivity contribution in [3.8, 4) is 0 Å². The van der Waals surface area contributed by atoms with Gasteiger partial charge < -0.3 is 11.1 Å². The van der Waals surface area contributed by atoms with Crippen molar-refractivity contribution in [3.63, 3.8) is 0 Å². The summed E-state index contributed by atoms with van der Waals surface area (Å²) in [6.45, 7) is 0. The molecule has 0 spiro atoms. The average molecular weight is 300 g/mol. The van der Waals surface area contributed by atoms with Crippen molar-refractivity contribution in [2.75, 3.05) is 5.32 Å². The van der Waals surface area contributed by atoms with E-state index in [1.165, 1.54) is 17.2 Å². The molecule has 21 heavy (non-hydrogen) atoms. The number of hydrogen-bond acceptors (Lipinski definition) is 2. The van der Waals surface area contributed by atoms with Crippen LogP contribution >= 0.6 is 12.2 Å². The van der Waals surface area contributed by atoms with E-state index < -0.39 is 0 Å². The highest BCUT2D eigenvalue weighted by molar-refractivity contribution is 7.80. The minimum Gasteiger partial charge on any atom is -0.389 e. The first-order chi connectivity index (χ1) is 10.1. The second-order valence-electron chi connectivity index (χ2n) is 5.41. The molecule has 1 atom stereocenters. The molecule has 4 heteroatoms. The van der Waals surface area contributed by atoms with E-state index in [0.717, 1.165) is 19.3 Å². The lowest BCUT2D eigenvalue weighted by Crippen LogP contribution is -2.27. The molecule has 1 aliphatic rings. The fourth-order valence-electron chi connectivity index (χ4n) is 2.83. The van der Waals surface area contributed by atoms with E-state index in [1.54, 1.807) is 12.1 Å². The molecule has 2 aromatic carbocycles. The van der Waals surface area contributed by atoms with E-state index in [-0.39, 0.29) is 16.8 Å². The summed E-state index contributed by atoms with van der Waals surface area (Å²) in [5.41, 5.74) is 9.34. The third kappa shape index (κ3) is 3.05. The maximum Gasteiger partial charge on any atom is 0.146 e. The molecule has 0 bridgehead atoms. The van der Waals surface area contributed by atoms with E-state index in [4.69, 9.17) is 18.0 Å². The molecule has 0 aromatic heterocycles. The van der Waals surface area contributed by atoms with Crippen molar-refractivity contribution >= 4 is 22.9 Å². The van der Waals surface area contributed by atoms with Crippen LogP contribution in [0.4, 0.5) is 10.1 Å². The van der Waals surface area contributed by atoms with Gasteiger partial charge in [-0.25, -0.2) is 4.39 Å². The van der Waals surface area contributed by atoms with Crippen LogP contribution in [-0.2, 0) is 12.8 Å². The Morgan fingerprint density at radius 2 is 1.95 bits per heavy atom. The van der Waals surface area contributed by atoms with Crippen molar-refractivity contribution in [1.29, 1.82) is 0 Å². The van der Waals surface area contributed by atoms with Crippen molar-refractivity contribution in [3.05, 3.63) is 65.0 Å². The molecule has 1 aliphatic carbocycles. The van der Waals surface area contributed by atoms with Crippen LogP contribution < -0.4 is 11.1 Å². The van der Waals surface area contributed by atoms with Gasteiger partial charge in [0, 0.05) is 11.6 Å². The van der Waals surface area contributed by atoms with Crippen molar-refractivity contribution in [2.45, 2.75) is 25.3 Å². The van der Waals surface area contributed by atoms with Gasteiger partial charge >= 0.3 is 0 Å². The number of benzene rings is 2. The summed E-state index contributed by atoms with van der Waals surface area (Å²) in [4.78, 5) is 0.215. The van der Waals surface area contributed by atoms with Crippen LogP contribution in [0, 0.1) is 5.82 Å². The first kappa shape index (κ1) is 14.0. The summed E-state index contributed by atoms with van der Waals surface area (Å²) in [5, 5.41) is 3.30. The Labute approximate surface area is 129 Å². The van der Waals surface area contributed by atoms with E-state index in [1.807, 2.05) is 0 Å². The van der Waals surface area contributed by atoms with Crippen LogP contribution in [0.25, 0.3) is 0 Å². The van der Waals surface area contributed by atoms with Gasteiger partial charge in [-0.1, -0.05) is 36.5 Å². The lowest BCUT2D eigenvalue weighted by atomic mass is 9.88. The molecule has 3 N–H and O–H groups in total. The molecular weight excluding hydrogens is 283 g/mol. The number of anilines is 1. The Morgan fingerprint density at radius 1 is 1.19 bits per heavy atom. The number of rotatable bonds is 3. The van der Waals surface area contributed by atoms with Gasteiger partial charge in [-0.15, -0.1) is 0 Å². The molecule has 0 radical (unpaired) electrons. The largest absolute Gasteiger partial charge is 0.389 e. The quantitative estimate of drug-likeness (QED) is 0.853. The predicted octanol–water partition coefficient (Wildman–Crippen LogP) is 3.43. The number of nitrogens with one attached hydrogen (secondary N) is 1. The summed E-state index contributed by atoms with van der Waals surface area (Å²) in [6.07, 6.45) is 2.96. The number of halogens is 1. The van der Waals surface area contributed by atoms with Gasteiger partial charge in [-0.3, -0.25) is 0 Å². The summed E-state index contributed by atoms with van der Waals surface area (Å²) in [6, 6.07) is 13.6. The zero-order chi connectivity index (χ0) is 14.8. The molecule has 0 amide bonds. The minimum atomic E-state index is -0.306. The highest BCUT2D eigenvalue weighted by atomic mass is 32.1. The van der Waals surface area contributed by atoms with Gasteiger partial charge in [0.25, 0.3) is 0 Å². The lowest BCUT2D eigenvalue weighted by Gasteiger charge is -2.26. The molecular formula is C17H17FN2S. The van der Waals surface area contributed by atoms with Crippen LogP contribution in [-0.4, -0.2) is 11.0 Å². The van der Waals surface area contributed by atoms with Crippen LogP contribution in [0.5, 0.6) is 0 Å². The monoisotopic (exact) mass is 300 g/mol. The number of fused-ring (bicyclic) bond motifs is 1. The van der Waals surface area contributed by atoms with E-state index in [0.29, 0.717) is 11.3 Å². The summed E-state index contributed by atoms with van der Waals surface area (Å²) >= 11 is 4.86. The molecule has 0 fully saturated rings. The fraction of sp³-hybridized carbons (Fsp3) is 0.235. The number of hydrogen-bond donors (Lipinski definition) is 2. The molecule has 0 saturated heterocycles. The smallest absolute Gasteiger partial charge is 0.146 e. The van der Waals surface area contributed by atoms with Crippen molar-refractivity contribution in [2.24, 2.45) is 5.73 Å². The Kier molecular flexibility index (Phi) is 3.88. The van der Waals surface area contributed by atoms with Crippen LogP contribution in [0.2, 0.25) is 0 Å². The molecule has 3 rings (SSSR count). The molecule has 1 unspecified atom stereocenters. The normalized spacial score (nSPS) is 17.1. The summed E-state index contributed by atoms with van der Waals surface area (Å²) in [5.74, 6) is -0.306. The highest BCUT2D eigenvalue weighted by Crippen LogP contribution is 2.25. The van der Waals surface area contributed by atoms with E-state index >= 15 is 0 Å². The summed E-state index contributed by atoms with van der Waals surface area (Å²) < 4.78 is 14.1. The first-order valence-corrected chi connectivity index (χ1v) is 7.47. The third-order valence-corrected chi connectivity index (χ3v) is 4.20. The molecule has 0 heterocycles. The second kappa shape index (κ2) is 5.82. The van der Waals surface area contributed by atoms with Crippen LogP contribution in [0.1, 0.15) is 23.1 Å².